The van der Waals surface area contributed by atoms with Crippen molar-refractivity contribution in [3.63, 3.8) is 0 Å². The van der Waals surface area contributed by atoms with Gasteiger partial charge in [0.1, 0.15) is 17.2 Å². The quantitative estimate of drug-likeness (QED) is 0.678. The van der Waals surface area contributed by atoms with E-state index in [9.17, 15) is 22.4 Å². The van der Waals surface area contributed by atoms with Crippen LogP contribution in [0.5, 0.6) is 0 Å². The second kappa shape index (κ2) is 6.07. The van der Waals surface area contributed by atoms with Crippen LogP contribution < -0.4 is 0 Å². The Labute approximate surface area is 134 Å². The summed E-state index contributed by atoms with van der Waals surface area (Å²) in [5, 5.41) is 0. The molecule has 0 radical (unpaired) electrons. The van der Waals surface area contributed by atoms with Crippen LogP contribution in [0.2, 0.25) is 0 Å². The van der Waals surface area contributed by atoms with Crippen molar-refractivity contribution in [3.05, 3.63) is 71.4 Å². The maximum absolute atomic E-state index is 13.8. The van der Waals surface area contributed by atoms with Gasteiger partial charge in [0, 0.05) is 30.9 Å². The summed E-state index contributed by atoms with van der Waals surface area (Å²) in [6, 6.07) is 7.48. The summed E-state index contributed by atoms with van der Waals surface area (Å²) >= 11 is 0. The number of nitrogens with zero attached hydrogens (tertiary/aromatic N) is 2. The number of imidazole rings is 1. The number of halogens is 4. The molecule has 2 aromatic heterocycles. The van der Waals surface area contributed by atoms with Gasteiger partial charge in [-0.25, -0.2) is 9.37 Å². The van der Waals surface area contributed by atoms with E-state index in [-0.39, 0.29) is 24.2 Å². The number of ketones is 1. The van der Waals surface area contributed by atoms with Gasteiger partial charge in [0.05, 0.1) is 5.56 Å². The minimum Gasteiger partial charge on any atom is -0.304 e. The van der Waals surface area contributed by atoms with E-state index in [2.05, 4.69) is 4.98 Å². The Kier molecular flexibility index (Phi) is 4.09. The van der Waals surface area contributed by atoms with Gasteiger partial charge in [-0.1, -0.05) is 12.1 Å². The predicted molar refractivity (Wildman–Crippen MR) is 79.0 cm³/mol. The number of hydrogen-bond donors (Lipinski definition) is 0. The molecule has 0 saturated heterocycles. The summed E-state index contributed by atoms with van der Waals surface area (Å²) in [5.41, 5.74) is 0.244. The van der Waals surface area contributed by atoms with Gasteiger partial charge in [-0.05, 0) is 29.8 Å². The number of Topliss-reactive ketones (excluding diaryl/α,β-unsaturated/α-hetero) is 1. The number of pyridine rings is 1. The van der Waals surface area contributed by atoms with E-state index < -0.39 is 17.6 Å². The third kappa shape index (κ3) is 3.29. The molecule has 0 saturated carbocycles. The molecule has 124 valence electrons. The molecule has 0 unspecified atom stereocenters. The third-order valence-electron chi connectivity index (χ3n) is 3.66. The highest BCUT2D eigenvalue weighted by Crippen LogP contribution is 2.30. The molecule has 0 aliphatic heterocycles. The highest BCUT2D eigenvalue weighted by molar-refractivity contribution is 5.83. The molecule has 24 heavy (non-hydrogen) atoms. The summed E-state index contributed by atoms with van der Waals surface area (Å²) in [5.74, 6) is -1.33. The Morgan fingerprint density at radius 3 is 2.62 bits per heavy atom. The molecule has 2 heterocycles. The number of alkyl halides is 3. The lowest BCUT2D eigenvalue weighted by atomic mass is 10.0. The van der Waals surface area contributed by atoms with E-state index in [1.807, 2.05) is 0 Å². The maximum Gasteiger partial charge on any atom is 0.416 e. The molecule has 3 nitrogen and oxygen atoms in total. The first-order chi connectivity index (χ1) is 11.3. The summed E-state index contributed by atoms with van der Waals surface area (Å²) in [4.78, 5) is 16.3. The number of aromatic nitrogens is 2. The zero-order valence-electron chi connectivity index (χ0n) is 12.3. The van der Waals surface area contributed by atoms with Crippen molar-refractivity contribution >= 4 is 11.4 Å². The van der Waals surface area contributed by atoms with Crippen LogP contribution in [-0.4, -0.2) is 15.2 Å². The largest absolute Gasteiger partial charge is 0.416 e. The molecule has 0 fully saturated rings. The first-order valence-corrected chi connectivity index (χ1v) is 7.13. The van der Waals surface area contributed by atoms with E-state index in [1.165, 1.54) is 0 Å². The highest BCUT2D eigenvalue weighted by Gasteiger charge is 2.31. The molecule has 3 aromatic rings. The van der Waals surface area contributed by atoms with Crippen LogP contribution in [0, 0.1) is 5.82 Å². The Bertz CT molecular complexity index is 899. The number of carbonyl (C=O) groups is 1. The Morgan fingerprint density at radius 2 is 1.92 bits per heavy atom. The molecule has 0 bridgehead atoms. The van der Waals surface area contributed by atoms with Gasteiger partial charge >= 0.3 is 6.18 Å². The second-order valence-corrected chi connectivity index (χ2v) is 5.37. The number of fused-ring (bicyclic) bond motifs is 1. The summed E-state index contributed by atoms with van der Waals surface area (Å²) in [7, 11) is 0. The van der Waals surface area contributed by atoms with Crippen molar-refractivity contribution in [1.82, 2.24) is 9.38 Å². The molecule has 1 aromatic carbocycles. The SMILES string of the molecule is O=C(Cc1ccc(C(F)(F)F)cc1F)Cc1cccc2nccn12. The van der Waals surface area contributed by atoms with Gasteiger partial charge in [0.25, 0.3) is 0 Å². The standard InChI is InChI=1S/C17H12F4N2O/c18-15-9-12(17(19,20)21)5-4-11(15)8-14(24)10-13-2-1-3-16-22-6-7-23(13)16/h1-7,9H,8,10H2. The smallest absolute Gasteiger partial charge is 0.304 e. The Hall–Kier alpha value is -2.70. The van der Waals surface area contributed by atoms with Crippen LogP contribution in [0.3, 0.4) is 0 Å². The average molecular weight is 336 g/mol. The molecule has 0 N–H and O–H groups in total. The van der Waals surface area contributed by atoms with Crippen LogP contribution in [0.4, 0.5) is 17.6 Å². The zero-order valence-corrected chi connectivity index (χ0v) is 12.3. The van der Waals surface area contributed by atoms with E-state index >= 15 is 0 Å². The zero-order chi connectivity index (χ0) is 17.3. The van der Waals surface area contributed by atoms with Gasteiger partial charge in [-0.2, -0.15) is 13.2 Å². The fraction of sp³-hybridized carbons (Fsp3) is 0.176. The van der Waals surface area contributed by atoms with Gasteiger partial charge < -0.3 is 4.40 Å². The first kappa shape index (κ1) is 16.2. The van der Waals surface area contributed by atoms with Crippen LogP contribution in [0.1, 0.15) is 16.8 Å². The lowest BCUT2D eigenvalue weighted by molar-refractivity contribution is -0.137. The molecule has 0 amide bonds. The van der Waals surface area contributed by atoms with Crippen LogP contribution in [-0.2, 0) is 23.8 Å². The fourth-order valence-corrected chi connectivity index (χ4v) is 2.49. The first-order valence-electron chi connectivity index (χ1n) is 7.13. The molecule has 0 aliphatic rings. The van der Waals surface area contributed by atoms with Crippen LogP contribution in [0.15, 0.2) is 48.8 Å². The van der Waals surface area contributed by atoms with Crippen molar-refractivity contribution in [3.8, 4) is 0 Å². The van der Waals surface area contributed by atoms with Crippen molar-refractivity contribution in [2.45, 2.75) is 19.0 Å². The van der Waals surface area contributed by atoms with E-state index in [4.69, 9.17) is 0 Å². The lowest BCUT2D eigenvalue weighted by Crippen LogP contribution is -2.12. The lowest BCUT2D eigenvalue weighted by Gasteiger charge is -2.09. The average Bonchev–Trinajstić information content (AvgIpc) is 2.98. The predicted octanol–water partition coefficient (Wildman–Crippen LogP) is 3.85. The Morgan fingerprint density at radius 1 is 1.12 bits per heavy atom. The molecule has 0 aliphatic carbocycles. The number of rotatable bonds is 4. The third-order valence-corrected chi connectivity index (χ3v) is 3.66. The molecule has 0 atom stereocenters. The van der Waals surface area contributed by atoms with Crippen molar-refractivity contribution in [2.24, 2.45) is 0 Å². The summed E-state index contributed by atoms with van der Waals surface area (Å²) in [6.07, 6.45) is -1.54. The highest BCUT2D eigenvalue weighted by atomic mass is 19.4. The van der Waals surface area contributed by atoms with Crippen LogP contribution >= 0.6 is 0 Å². The minimum absolute atomic E-state index is 0.0359. The van der Waals surface area contributed by atoms with Crippen LogP contribution in [0.25, 0.3) is 5.65 Å². The molecule has 7 heteroatoms. The van der Waals surface area contributed by atoms with Crippen molar-refractivity contribution < 1.29 is 22.4 Å². The number of carbonyl (C=O) groups excluding carboxylic acids is 1. The molecular formula is C17H12F4N2O. The van der Waals surface area contributed by atoms with Gasteiger partial charge in [-0.15, -0.1) is 0 Å². The summed E-state index contributed by atoms with van der Waals surface area (Å²) < 4.78 is 53.1. The molecule has 0 spiro atoms. The minimum atomic E-state index is -4.61. The molecular weight excluding hydrogens is 324 g/mol. The van der Waals surface area contributed by atoms with Gasteiger partial charge in [-0.3, -0.25) is 4.79 Å². The van der Waals surface area contributed by atoms with Crippen molar-refractivity contribution in [1.29, 1.82) is 0 Å². The number of hydrogen-bond acceptors (Lipinski definition) is 2. The summed E-state index contributed by atoms with van der Waals surface area (Å²) in [6.45, 7) is 0. The maximum atomic E-state index is 13.8. The topological polar surface area (TPSA) is 34.4 Å². The van der Waals surface area contributed by atoms with Gasteiger partial charge in [0.2, 0.25) is 0 Å². The monoisotopic (exact) mass is 336 g/mol. The van der Waals surface area contributed by atoms with E-state index in [0.717, 1.165) is 12.1 Å². The number of benzene rings is 1. The second-order valence-electron chi connectivity index (χ2n) is 5.37. The normalized spacial score (nSPS) is 11.8. The molecule has 3 rings (SSSR count). The van der Waals surface area contributed by atoms with Gasteiger partial charge in [0.15, 0.2) is 0 Å². The van der Waals surface area contributed by atoms with E-state index in [1.54, 1.807) is 35.0 Å². The fourth-order valence-electron chi connectivity index (χ4n) is 2.49. The Balaban J connectivity index is 1.77. The van der Waals surface area contributed by atoms with E-state index in [0.29, 0.717) is 17.4 Å². The van der Waals surface area contributed by atoms with Crippen molar-refractivity contribution in [2.75, 3.05) is 0 Å².